The van der Waals surface area contributed by atoms with Gasteiger partial charge in [0.05, 0.1) is 5.69 Å². The van der Waals surface area contributed by atoms with Gasteiger partial charge in [0.15, 0.2) is 0 Å². The molecule has 0 amide bonds. The molecule has 0 heterocycles. The van der Waals surface area contributed by atoms with Crippen LogP contribution in [-0.4, -0.2) is 17.5 Å². The minimum Gasteiger partial charge on any atom is -0.310 e. The molecule has 0 saturated heterocycles. The van der Waals surface area contributed by atoms with Crippen molar-refractivity contribution >= 4 is 64.1 Å². The van der Waals surface area contributed by atoms with Gasteiger partial charge in [-0.2, -0.15) is 12.9 Å². The molecule has 1 aromatic rings. The van der Waals surface area contributed by atoms with Gasteiger partial charge in [0.25, 0.3) is 0 Å². The normalized spacial score (nSPS) is 10.3. The summed E-state index contributed by atoms with van der Waals surface area (Å²) in [7, 11) is -4.67. The highest BCUT2D eigenvalue weighted by molar-refractivity contribution is 9.11. The Bertz CT molecular complexity index is 431. The second-order valence-electron chi connectivity index (χ2n) is 2.29. The van der Waals surface area contributed by atoms with Crippen LogP contribution in [-0.2, 0) is 10.4 Å². The zero-order chi connectivity index (χ0) is 12.8. The van der Waals surface area contributed by atoms with Crippen LogP contribution in [0.5, 0.6) is 0 Å². The second kappa shape index (κ2) is 7.58. The molecule has 0 bridgehead atoms. The first-order valence-electron chi connectivity index (χ1n) is 3.50. The van der Waals surface area contributed by atoms with E-state index in [1.807, 2.05) is 18.2 Å². The summed E-state index contributed by atoms with van der Waals surface area (Å²) in [5.41, 5.74) is 3.88. The van der Waals surface area contributed by atoms with Crippen molar-refractivity contribution in [3.63, 3.8) is 0 Å². The van der Waals surface area contributed by atoms with E-state index in [-0.39, 0.29) is 0 Å². The van der Waals surface area contributed by atoms with Gasteiger partial charge >= 0.3 is 10.4 Å². The van der Waals surface area contributed by atoms with Crippen LogP contribution in [0.4, 0.5) is 5.69 Å². The van der Waals surface area contributed by atoms with Crippen LogP contribution in [0.25, 0.3) is 0 Å². The molecular formula is C6H7Br3N2O4S. The number of rotatable bonds is 2. The first-order valence-corrected chi connectivity index (χ1v) is 7.28. The first-order chi connectivity index (χ1) is 7.24. The average Bonchev–Trinajstić information content (AvgIpc) is 2.09. The molecule has 1 aromatic carbocycles. The van der Waals surface area contributed by atoms with Crippen molar-refractivity contribution in [2.45, 2.75) is 0 Å². The molecule has 0 aliphatic carbocycles. The van der Waals surface area contributed by atoms with E-state index < -0.39 is 10.4 Å². The quantitative estimate of drug-likeness (QED) is 0.319. The van der Waals surface area contributed by atoms with E-state index in [9.17, 15) is 0 Å². The number of hydrogen-bond donors (Lipinski definition) is 4. The third kappa shape index (κ3) is 9.51. The summed E-state index contributed by atoms with van der Waals surface area (Å²) >= 11 is 9.80. The zero-order valence-corrected chi connectivity index (χ0v) is 13.1. The molecule has 0 fully saturated rings. The van der Waals surface area contributed by atoms with Crippen molar-refractivity contribution in [1.82, 2.24) is 4.45 Å². The molecule has 6 nitrogen and oxygen atoms in total. The van der Waals surface area contributed by atoms with Gasteiger partial charge in [0.1, 0.15) is 0 Å². The average molecular weight is 443 g/mol. The van der Waals surface area contributed by atoms with E-state index in [0.29, 0.717) is 0 Å². The van der Waals surface area contributed by atoms with Gasteiger partial charge in [-0.15, -0.1) is 0 Å². The van der Waals surface area contributed by atoms with E-state index in [1.54, 1.807) is 0 Å². The number of anilines is 1. The van der Waals surface area contributed by atoms with Gasteiger partial charge in [-0.3, -0.25) is 9.11 Å². The lowest BCUT2D eigenvalue weighted by Gasteiger charge is -2.05. The topological polar surface area (TPSA) is 98.7 Å². The maximum atomic E-state index is 8.74. The molecule has 0 aliphatic rings. The summed E-state index contributed by atoms with van der Waals surface area (Å²) < 4.78 is 36.3. The number of benzene rings is 1. The van der Waals surface area contributed by atoms with Crippen molar-refractivity contribution in [2.24, 2.45) is 0 Å². The highest BCUT2D eigenvalue weighted by atomic mass is 79.9. The number of nitrogens with one attached hydrogen (secondary N) is 2. The lowest BCUT2D eigenvalue weighted by Crippen LogP contribution is -2.08. The number of hydrazine groups is 1. The molecule has 16 heavy (non-hydrogen) atoms. The smallest absolute Gasteiger partial charge is 0.310 e. The lowest BCUT2D eigenvalue weighted by atomic mass is 10.3. The molecule has 4 N–H and O–H groups in total. The third-order valence-electron chi connectivity index (χ3n) is 1.11. The Morgan fingerprint density at radius 1 is 1.19 bits per heavy atom. The molecule has 0 saturated carbocycles. The minimum absolute atomic E-state index is 0.969. The molecule has 0 spiro atoms. The largest absolute Gasteiger partial charge is 0.394 e. The SMILES string of the molecule is BrNNc1cc(Br)ccc1Br.O=S(=O)(O)O. The maximum Gasteiger partial charge on any atom is 0.394 e. The van der Waals surface area contributed by atoms with Crippen molar-refractivity contribution < 1.29 is 17.5 Å². The van der Waals surface area contributed by atoms with E-state index in [2.05, 4.69) is 57.9 Å². The Labute approximate surface area is 118 Å². The van der Waals surface area contributed by atoms with Crippen LogP contribution in [0, 0.1) is 0 Å². The van der Waals surface area contributed by atoms with Gasteiger partial charge in [-0.05, 0) is 34.1 Å². The summed E-state index contributed by atoms with van der Waals surface area (Å²) in [5, 5.41) is 0. The van der Waals surface area contributed by atoms with E-state index in [4.69, 9.17) is 17.5 Å². The van der Waals surface area contributed by atoms with Gasteiger partial charge < -0.3 is 5.43 Å². The van der Waals surface area contributed by atoms with Crippen molar-refractivity contribution in [3.8, 4) is 0 Å². The fourth-order valence-corrected chi connectivity index (χ4v) is 1.56. The Balaban J connectivity index is 0.000000385. The summed E-state index contributed by atoms with van der Waals surface area (Å²) in [6.07, 6.45) is 0. The van der Waals surface area contributed by atoms with Crippen LogP contribution in [0.2, 0.25) is 0 Å². The standard InChI is InChI=1S/C6H5Br3N2.H2O4S/c7-4-1-2-5(8)6(3-4)10-11-9;1-5(2,3)4/h1-3,10-11H;(H2,1,2,3,4). The molecule has 92 valence electrons. The number of hydrogen-bond acceptors (Lipinski definition) is 4. The molecule has 10 heteroatoms. The van der Waals surface area contributed by atoms with Crippen LogP contribution in [0.1, 0.15) is 0 Å². The van der Waals surface area contributed by atoms with Crippen LogP contribution < -0.4 is 9.88 Å². The fourth-order valence-electron chi connectivity index (χ4n) is 0.644. The molecule has 0 aromatic heterocycles. The highest BCUT2D eigenvalue weighted by Crippen LogP contribution is 2.25. The van der Waals surface area contributed by atoms with Crippen LogP contribution >= 0.6 is 48.0 Å². The first kappa shape index (κ1) is 16.3. The highest BCUT2D eigenvalue weighted by Gasteiger charge is 1.97. The van der Waals surface area contributed by atoms with Crippen molar-refractivity contribution in [1.29, 1.82) is 0 Å². The predicted molar refractivity (Wildman–Crippen MR) is 71.7 cm³/mol. The van der Waals surface area contributed by atoms with Crippen LogP contribution in [0.15, 0.2) is 27.1 Å². The summed E-state index contributed by atoms with van der Waals surface area (Å²) in [5.74, 6) is 0. The molecule has 0 unspecified atom stereocenters. The Morgan fingerprint density at radius 3 is 2.12 bits per heavy atom. The Hall–Kier alpha value is 0.290. The van der Waals surface area contributed by atoms with E-state index in [0.717, 1.165) is 14.6 Å². The fraction of sp³-hybridized carbons (Fsp3) is 0. The Morgan fingerprint density at radius 2 is 1.69 bits per heavy atom. The van der Waals surface area contributed by atoms with E-state index in [1.165, 1.54) is 0 Å². The molecule has 0 radical (unpaired) electrons. The molecule has 0 aliphatic heterocycles. The predicted octanol–water partition coefficient (Wildman–Crippen LogP) is 2.79. The maximum absolute atomic E-state index is 8.74. The summed E-state index contributed by atoms with van der Waals surface area (Å²) in [6.45, 7) is 0. The van der Waals surface area contributed by atoms with Gasteiger partial charge in [-0.1, -0.05) is 15.9 Å². The summed E-state index contributed by atoms with van der Waals surface area (Å²) in [4.78, 5) is 0. The van der Waals surface area contributed by atoms with Crippen LogP contribution in [0.3, 0.4) is 0 Å². The second-order valence-corrected chi connectivity index (χ2v) is 5.35. The monoisotopic (exact) mass is 440 g/mol. The number of halogens is 3. The third-order valence-corrected chi connectivity index (χ3v) is 2.49. The minimum atomic E-state index is -4.67. The molecular weight excluding hydrogens is 436 g/mol. The lowest BCUT2D eigenvalue weighted by molar-refractivity contribution is 0.381. The molecule has 1 rings (SSSR count). The van der Waals surface area contributed by atoms with Crippen molar-refractivity contribution in [3.05, 3.63) is 27.1 Å². The van der Waals surface area contributed by atoms with Crippen molar-refractivity contribution in [2.75, 3.05) is 5.43 Å². The summed E-state index contributed by atoms with van der Waals surface area (Å²) in [6, 6.07) is 5.87. The van der Waals surface area contributed by atoms with E-state index >= 15 is 0 Å². The Kier molecular flexibility index (Phi) is 7.72. The molecule has 0 atom stereocenters. The van der Waals surface area contributed by atoms with Gasteiger partial charge in [-0.25, -0.2) is 0 Å². The van der Waals surface area contributed by atoms with Gasteiger partial charge in [0, 0.05) is 25.1 Å². The van der Waals surface area contributed by atoms with Gasteiger partial charge in [0.2, 0.25) is 0 Å². The zero-order valence-electron chi connectivity index (χ0n) is 7.49.